The Morgan fingerprint density at radius 1 is 1.00 bits per heavy atom. The molecule has 1 heterocycles. The largest absolute Gasteiger partial charge is 0.497 e. The number of hydrogen-bond donors (Lipinski definition) is 2. The maximum atomic E-state index is 11.7. The lowest BCUT2D eigenvalue weighted by Crippen LogP contribution is -2.07. The van der Waals surface area contributed by atoms with Crippen LogP contribution in [-0.2, 0) is 11.2 Å². The topological polar surface area (TPSA) is 85.4 Å². The van der Waals surface area contributed by atoms with Gasteiger partial charge in [0.1, 0.15) is 23.7 Å². The molecule has 0 unspecified atom stereocenters. The number of rotatable bonds is 9. The maximum Gasteiger partial charge on any atom is 0.338 e. The van der Waals surface area contributed by atoms with E-state index in [9.17, 15) is 4.79 Å². The molecule has 3 rings (SSSR count). The summed E-state index contributed by atoms with van der Waals surface area (Å²) in [5, 5.41) is 6.51. The van der Waals surface area contributed by atoms with Crippen LogP contribution in [0.5, 0.6) is 5.75 Å². The van der Waals surface area contributed by atoms with Crippen LogP contribution in [-0.4, -0.2) is 36.2 Å². The summed E-state index contributed by atoms with van der Waals surface area (Å²) in [6.45, 7) is 2.89. The smallest absolute Gasteiger partial charge is 0.338 e. The van der Waals surface area contributed by atoms with Gasteiger partial charge in [0.05, 0.1) is 19.3 Å². The van der Waals surface area contributed by atoms with E-state index in [-0.39, 0.29) is 5.97 Å². The summed E-state index contributed by atoms with van der Waals surface area (Å²) in [5.41, 5.74) is 2.55. The van der Waals surface area contributed by atoms with Gasteiger partial charge in [-0.15, -0.1) is 0 Å². The number of carbonyl (C=O) groups excluding carboxylic acids is 1. The predicted octanol–water partition coefficient (Wildman–Crippen LogP) is 4.06. The van der Waals surface area contributed by atoms with Gasteiger partial charge in [0, 0.05) is 18.3 Å². The minimum absolute atomic E-state index is 0.329. The molecule has 7 heteroatoms. The number of hydrogen-bond acceptors (Lipinski definition) is 7. The fourth-order valence-electron chi connectivity index (χ4n) is 2.70. The molecular weight excluding hydrogens is 368 g/mol. The Bertz CT molecular complexity index is 928. The Morgan fingerprint density at radius 2 is 1.72 bits per heavy atom. The Balaban J connectivity index is 1.54. The van der Waals surface area contributed by atoms with Gasteiger partial charge in [-0.2, -0.15) is 0 Å². The minimum atomic E-state index is -0.329. The fraction of sp³-hybridized carbons (Fsp3) is 0.227. The highest BCUT2D eigenvalue weighted by molar-refractivity contribution is 5.89. The summed E-state index contributed by atoms with van der Waals surface area (Å²) in [6, 6.07) is 16.9. The molecular formula is C22H24N4O3. The molecule has 0 bridgehead atoms. The normalized spacial score (nSPS) is 10.3. The molecule has 2 N–H and O–H groups in total. The van der Waals surface area contributed by atoms with Crippen LogP contribution in [0.1, 0.15) is 22.8 Å². The van der Waals surface area contributed by atoms with Crippen LogP contribution in [0.15, 0.2) is 60.9 Å². The first kappa shape index (κ1) is 20.1. The first-order valence-electron chi connectivity index (χ1n) is 9.41. The highest BCUT2D eigenvalue weighted by Gasteiger charge is 2.06. The molecule has 0 saturated carbocycles. The van der Waals surface area contributed by atoms with Crippen molar-refractivity contribution >= 4 is 23.3 Å². The summed E-state index contributed by atoms with van der Waals surface area (Å²) in [6.07, 6.45) is 2.37. The van der Waals surface area contributed by atoms with Gasteiger partial charge >= 0.3 is 5.97 Å². The van der Waals surface area contributed by atoms with E-state index in [1.165, 1.54) is 11.9 Å². The van der Waals surface area contributed by atoms with Gasteiger partial charge in [0.2, 0.25) is 0 Å². The maximum absolute atomic E-state index is 11.7. The quantitative estimate of drug-likeness (QED) is 0.531. The second-order valence-electron chi connectivity index (χ2n) is 6.24. The Labute approximate surface area is 170 Å². The predicted molar refractivity (Wildman–Crippen MR) is 113 cm³/mol. The lowest BCUT2D eigenvalue weighted by Gasteiger charge is -2.09. The van der Waals surface area contributed by atoms with E-state index in [4.69, 9.17) is 9.47 Å². The van der Waals surface area contributed by atoms with Gasteiger partial charge in [-0.3, -0.25) is 0 Å². The van der Waals surface area contributed by atoms with Gasteiger partial charge in [0.25, 0.3) is 0 Å². The monoisotopic (exact) mass is 392 g/mol. The van der Waals surface area contributed by atoms with Crippen LogP contribution in [0.3, 0.4) is 0 Å². The molecule has 0 amide bonds. The Kier molecular flexibility index (Phi) is 7.00. The molecule has 0 saturated heterocycles. The molecule has 0 fully saturated rings. The van der Waals surface area contributed by atoms with Crippen molar-refractivity contribution in [3.8, 4) is 5.75 Å². The zero-order valence-electron chi connectivity index (χ0n) is 16.5. The number of aromatic nitrogens is 2. The molecule has 3 aromatic rings. The summed E-state index contributed by atoms with van der Waals surface area (Å²) in [4.78, 5) is 20.2. The number of carbonyl (C=O) groups is 1. The standard InChI is InChI=1S/C22H24N4O3/c1-3-29-22(27)17-6-8-18(9-7-17)26-21-14-20(24-15-25-21)23-13-12-16-4-10-19(28-2)11-5-16/h4-11,14-15H,3,12-13H2,1-2H3,(H2,23,24,25,26). The number of anilines is 3. The number of esters is 1. The van der Waals surface area contributed by atoms with Crippen molar-refractivity contribution < 1.29 is 14.3 Å². The molecule has 29 heavy (non-hydrogen) atoms. The van der Waals surface area contributed by atoms with Crippen LogP contribution in [0, 0.1) is 0 Å². The zero-order valence-corrected chi connectivity index (χ0v) is 16.5. The number of nitrogens with zero attached hydrogens (tertiary/aromatic N) is 2. The van der Waals surface area contributed by atoms with E-state index >= 15 is 0 Å². The second-order valence-corrected chi connectivity index (χ2v) is 6.24. The van der Waals surface area contributed by atoms with Crippen molar-refractivity contribution in [1.29, 1.82) is 0 Å². The van der Waals surface area contributed by atoms with E-state index in [1.807, 2.05) is 42.5 Å². The van der Waals surface area contributed by atoms with E-state index < -0.39 is 0 Å². The van der Waals surface area contributed by atoms with Gasteiger partial charge in [-0.05, 0) is 55.3 Å². The third kappa shape index (κ3) is 5.93. The third-order valence-electron chi connectivity index (χ3n) is 4.21. The first-order chi connectivity index (χ1) is 14.2. The average Bonchev–Trinajstić information content (AvgIpc) is 2.75. The molecule has 0 aliphatic carbocycles. The van der Waals surface area contributed by atoms with Gasteiger partial charge in [0.15, 0.2) is 0 Å². The molecule has 0 atom stereocenters. The van der Waals surface area contributed by atoms with Crippen LogP contribution < -0.4 is 15.4 Å². The lowest BCUT2D eigenvalue weighted by molar-refractivity contribution is 0.0526. The van der Waals surface area contributed by atoms with Crippen molar-refractivity contribution in [3.63, 3.8) is 0 Å². The van der Waals surface area contributed by atoms with Crippen LogP contribution in [0.2, 0.25) is 0 Å². The number of ether oxygens (including phenoxy) is 2. The van der Waals surface area contributed by atoms with E-state index in [0.717, 1.165) is 30.2 Å². The summed E-state index contributed by atoms with van der Waals surface area (Å²) in [5.74, 6) is 1.92. The van der Waals surface area contributed by atoms with E-state index in [0.29, 0.717) is 18.0 Å². The Morgan fingerprint density at radius 3 is 2.41 bits per heavy atom. The van der Waals surface area contributed by atoms with E-state index in [2.05, 4.69) is 20.6 Å². The third-order valence-corrected chi connectivity index (χ3v) is 4.21. The Hall–Kier alpha value is -3.61. The molecule has 0 spiro atoms. The first-order valence-corrected chi connectivity index (χ1v) is 9.41. The van der Waals surface area contributed by atoms with Crippen LogP contribution >= 0.6 is 0 Å². The fourth-order valence-corrected chi connectivity index (χ4v) is 2.70. The molecule has 0 aliphatic rings. The molecule has 0 radical (unpaired) electrons. The average molecular weight is 392 g/mol. The van der Waals surface area contributed by atoms with Gasteiger partial charge in [-0.1, -0.05) is 12.1 Å². The van der Waals surface area contributed by atoms with Crippen molar-refractivity contribution in [2.45, 2.75) is 13.3 Å². The minimum Gasteiger partial charge on any atom is -0.497 e. The molecule has 2 aromatic carbocycles. The number of methoxy groups -OCH3 is 1. The zero-order chi connectivity index (χ0) is 20.5. The molecule has 0 aliphatic heterocycles. The van der Waals surface area contributed by atoms with Crippen molar-refractivity contribution in [3.05, 3.63) is 72.1 Å². The number of benzene rings is 2. The highest BCUT2D eigenvalue weighted by Crippen LogP contribution is 2.18. The van der Waals surface area contributed by atoms with E-state index in [1.54, 1.807) is 26.2 Å². The SMILES string of the molecule is CCOC(=O)c1ccc(Nc2cc(NCCc3ccc(OC)cc3)ncn2)cc1. The van der Waals surface area contributed by atoms with Crippen LogP contribution in [0.25, 0.3) is 0 Å². The number of nitrogens with one attached hydrogen (secondary N) is 2. The van der Waals surface area contributed by atoms with Gasteiger partial charge < -0.3 is 20.1 Å². The molecule has 150 valence electrons. The lowest BCUT2D eigenvalue weighted by atomic mass is 10.1. The van der Waals surface area contributed by atoms with Crippen molar-refractivity contribution in [2.75, 3.05) is 30.9 Å². The molecule has 1 aromatic heterocycles. The highest BCUT2D eigenvalue weighted by atomic mass is 16.5. The van der Waals surface area contributed by atoms with Crippen molar-refractivity contribution in [1.82, 2.24) is 9.97 Å². The van der Waals surface area contributed by atoms with Gasteiger partial charge in [-0.25, -0.2) is 14.8 Å². The second kappa shape index (κ2) is 10.1. The molecule has 7 nitrogen and oxygen atoms in total. The summed E-state index contributed by atoms with van der Waals surface area (Å²) >= 11 is 0. The summed E-state index contributed by atoms with van der Waals surface area (Å²) < 4.78 is 10.2. The van der Waals surface area contributed by atoms with Crippen LogP contribution in [0.4, 0.5) is 17.3 Å². The summed E-state index contributed by atoms with van der Waals surface area (Å²) in [7, 11) is 1.66. The van der Waals surface area contributed by atoms with Crippen molar-refractivity contribution in [2.24, 2.45) is 0 Å².